The highest BCUT2D eigenvalue weighted by Gasteiger charge is 2.16. The highest BCUT2D eigenvalue weighted by Crippen LogP contribution is 2.39. The highest BCUT2D eigenvalue weighted by molar-refractivity contribution is 6.21. The number of hydrogen-bond donors (Lipinski definition) is 0. The first-order valence-electron chi connectivity index (χ1n) is 15.8. The summed E-state index contributed by atoms with van der Waals surface area (Å²) in [6.45, 7) is 0. The molecule has 2 aromatic heterocycles. The summed E-state index contributed by atoms with van der Waals surface area (Å²) in [6.07, 6.45) is 0. The van der Waals surface area contributed by atoms with Crippen LogP contribution in [-0.2, 0) is 0 Å². The standard InChI is InChI=1S/C43H28N4/c1-4-13-31(14-5-1)41-44-42(32-15-6-2-7-16-32)46-43(45-41)33-22-20-29(21-23-33)34-24-26-37-39(28-34)47(35-17-8-3-9-18-35)38-27-25-30-12-10-11-19-36(30)40(37)38/h1-28H. The lowest BCUT2D eigenvalue weighted by Crippen LogP contribution is -2.00. The van der Waals surface area contributed by atoms with Crippen molar-refractivity contribution in [3.8, 4) is 51.0 Å². The summed E-state index contributed by atoms with van der Waals surface area (Å²) in [5.41, 5.74) is 8.67. The SMILES string of the molecule is c1ccc(-c2nc(-c3ccccc3)nc(-c3ccc(-c4ccc5c6c7ccccc7ccc6n(-c6ccccc6)c5c4)cc3)n2)cc1. The zero-order valence-electron chi connectivity index (χ0n) is 25.5. The first-order valence-corrected chi connectivity index (χ1v) is 15.8. The molecule has 9 rings (SSSR count). The van der Waals surface area contributed by atoms with Crippen molar-refractivity contribution in [2.75, 3.05) is 0 Å². The van der Waals surface area contributed by atoms with E-state index in [2.05, 4.69) is 114 Å². The molecule has 0 unspecified atom stereocenters. The van der Waals surface area contributed by atoms with Gasteiger partial charge in [-0.25, -0.2) is 15.0 Å². The number of rotatable bonds is 5. The molecule has 7 aromatic carbocycles. The number of nitrogens with zero attached hydrogens (tertiary/aromatic N) is 4. The summed E-state index contributed by atoms with van der Waals surface area (Å²) in [5, 5.41) is 5.04. The van der Waals surface area contributed by atoms with E-state index in [9.17, 15) is 0 Å². The first-order chi connectivity index (χ1) is 23.3. The van der Waals surface area contributed by atoms with Crippen molar-refractivity contribution in [1.29, 1.82) is 0 Å². The van der Waals surface area contributed by atoms with Crippen molar-refractivity contribution in [3.63, 3.8) is 0 Å². The quantitative estimate of drug-likeness (QED) is 0.197. The first kappa shape index (κ1) is 27.0. The van der Waals surface area contributed by atoms with E-state index in [1.807, 2.05) is 60.7 Å². The maximum absolute atomic E-state index is 4.91. The van der Waals surface area contributed by atoms with Crippen molar-refractivity contribution >= 4 is 32.6 Å². The van der Waals surface area contributed by atoms with Gasteiger partial charge < -0.3 is 4.57 Å². The van der Waals surface area contributed by atoms with Gasteiger partial charge in [-0.1, -0.05) is 146 Å². The molecule has 2 heterocycles. The van der Waals surface area contributed by atoms with Crippen LogP contribution in [0.1, 0.15) is 0 Å². The number of hydrogen-bond acceptors (Lipinski definition) is 3. The third kappa shape index (κ3) is 4.75. The molecule has 0 fully saturated rings. The summed E-state index contributed by atoms with van der Waals surface area (Å²) >= 11 is 0. The molecule has 4 heteroatoms. The Morgan fingerprint density at radius 2 is 0.851 bits per heavy atom. The van der Waals surface area contributed by atoms with Gasteiger partial charge in [0.05, 0.1) is 11.0 Å². The van der Waals surface area contributed by atoms with Gasteiger partial charge in [0.1, 0.15) is 0 Å². The molecular formula is C43H28N4. The minimum absolute atomic E-state index is 0.649. The van der Waals surface area contributed by atoms with Gasteiger partial charge >= 0.3 is 0 Å². The molecule has 0 amide bonds. The second-order valence-electron chi connectivity index (χ2n) is 11.7. The fourth-order valence-corrected chi connectivity index (χ4v) is 6.57. The Bertz CT molecular complexity index is 2480. The van der Waals surface area contributed by atoms with Crippen LogP contribution in [0.4, 0.5) is 0 Å². The maximum Gasteiger partial charge on any atom is 0.164 e. The largest absolute Gasteiger partial charge is 0.309 e. The Balaban J connectivity index is 1.17. The zero-order chi connectivity index (χ0) is 31.2. The molecule has 0 radical (unpaired) electrons. The molecule has 0 aliphatic heterocycles. The van der Waals surface area contributed by atoms with Crippen LogP contribution >= 0.6 is 0 Å². The second kappa shape index (κ2) is 11.2. The lowest BCUT2D eigenvalue weighted by Gasteiger charge is -2.10. The summed E-state index contributed by atoms with van der Waals surface area (Å²) in [4.78, 5) is 14.7. The summed E-state index contributed by atoms with van der Waals surface area (Å²) in [7, 11) is 0. The van der Waals surface area contributed by atoms with Crippen molar-refractivity contribution in [2.45, 2.75) is 0 Å². The molecular weight excluding hydrogens is 573 g/mol. The van der Waals surface area contributed by atoms with Crippen LogP contribution in [0.2, 0.25) is 0 Å². The van der Waals surface area contributed by atoms with Crippen molar-refractivity contribution in [1.82, 2.24) is 19.5 Å². The van der Waals surface area contributed by atoms with E-state index >= 15 is 0 Å². The Morgan fingerprint density at radius 1 is 0.340 bits per heavy atom. The molecule has 9 aromatic rings. The van der Waals surface area contributed by atoms with E-state index in [0.717, 1.165) is 33.5 Å². The predicted octanol–water partition coefficient (Wildman–Crippen LogP) is 10.8. The van der Waals surface area contributed by atoms with Crippen LogP contribution < -0.4 is 0 Å². The maximum atomic E-state index is 4.91. The van der Waals surface area contributed by atoms with Gasteiger partial charge in [-0.3, -0.25) is 0 Å². The Kier molecular flexibility index (Phi) is 6.43. The fourth-order valence-electron chi connectivity index (χ4n) is 6.57. The average molecular weight is 601 g/mol. The van der Waals surface area contributed by atoms with Crippen molar-refractivity contribution in [2.24, 2.45) is 0 Å². The number of benzene rings is 7. The van der Waals surface area contributed by atoms with Gasteiger partial charge in [0.15, 0.2) is 17.5 Å². The lowest BCUT2D eigenvalue weighted by molar-refractivity contribution is 1.07. The van der Waals surface area contributed by atoms with E-state index in [0.29, 0.717) is 17.5 Å². The topological polar surface area (TPSA) is 43.6 Å². The molecule has 0 aliphatic rings. The Labute approximate surface area is 272 Å². The molecule has 0 bridgehead atoms. The van der Waals surface area contributed by atoms with Crippen molar-refractivity contribution in [3.05, 3.63) is 170 Å². The summed E-state index contributed by atoms with van der Waals surface area (Å²) in [5.74, 6) is 1.96. The fraction of sp³-hybridized carbons (Fsp3) is 0. The molecule has 47 heavy (non-hydrogen) atoms. The van der Waals surface area contributed by atoms with E-state index < -0.39 is 0 Å². The molecule has 4 nitrogen and oxygen atoms in total. The number of fused-ring (bicyclic) bond motifs is 5. The van der Waals surface area contributed by atoms with E-state index in [1.54, 1.807) is 0 Å². The molecule has 0 atom stereocenters. The van der Waals surface area contributed by atoms with E-state index in [-0.39, 0.29) is 0 Å². The van der Waals surface area contributed by atoms with E-state index in [1.165, 1.54) is 32.6 Å². The number of aromatic nitrogens is 4. The zero-order valence-corrected chi connectivity index (χ0v) is 25.5. The summed E-state index contributed by atoms with van der Waals surface area (Å²) in [6, 6.07) is 59.3. The lowest BCUT2D eigenvalue weighted by atomic mass is 10.00. The molecule has 0 spiro atoms. The molecule has 0 saturated heterocycles. The third-order valence-corrected chi connectivity index (χ3v) is 8.85. The summed E-state index contributed by atoms with van der Waals surface area (Å²) < 4.78 is 2.38. The van der Waals surface area contributed by atoms with Crippen LogP contribution in [0.15, 0.2) is 170 Å². The van der Waals surface area contributed by atoms with Gasteiger partial charge in [-0.05, 0) is 46.2 Å². The van der Waals surface area contributed by atoms with Gasteiger partial charge in [0, 0.05) is 33.2 Å². The predicted molar refractivity (Wildman–Crippen MR) is 193 cm³/mol. The number of para-hydroxylation sites is 1. The highest BCUT2D eigenvalue weighted by atomic mass is 15.0. The monoisotopic (exact) mass is 600 g/mol. The van der Waals surface area contributed by atoms with Crippen LogP contribution in [0.5, 0.6) is 0 Å². The molecule has 0 N–H and O–H groups in total. The molecule has 0 saturated carbocycles. The van der Waals surface area contributed by atoms with Gasteiger partial charge in [-0.2, -0.15) is 0 Å². The van der Waals surface area contributed by atoms with Gasteiger partial charge in [0.2, 0.25) is 0 Å². The Hall–Kier alpha value is -6.39. The minimum atomic E-state index is 0.649. The molecule has 220 valence electrons. The normalized spacial score (nSPS) is 11.4. The van der Waals surface area contributed by atoms with Crippen LogP contribution in [0.3, 0.4) is 0 Å². The van der Waals surface area contributed by atoms with Crippen molar-refractivity contribution < 1.29 is 0 Å². The van der Waals surface area contributed by atoms with Crippen LogP contribution in [-0.4, -0.2) is 19.5 Å². The minimum Gasteiger partial charge on any atom is -0.309 e. The molecule has 0 aliphatic carbocycles. The Morgan fingerprint density at radius 3 is 1.49 bits per heavy atom. The second-order valence-corrected chi connectivity index (χ2v) is 11.7. The third-order valence-electron chi connectivity index (χ3n) is 8.85. The van der Waals surface area contributed by atoms with E-state index in [4.69, 9.17) is 15.0 Å². The smallest absolute Gasteiger partial charge is 0.164 e. The van der Waals surface area contributed by atoms with Gasteiger partial charge in [-0.15, -0.1) is 0 Å². The average Bonchev–Trinajstić information content (AvgIpc) is 3.50. The van der Waals surface area contributed by atoms with Crippen LogP contribution in [0, 0.1) is 0 Å². The van der Waals surface area contributed by atoms with Gasteiger partial charge in [0.25, 0.3) is 0 Å². The van der Waals surface area contributed by atoms with Crippen LogP contribution in [0.25, 0.3) is 83.6 Å².